The second kappa shape index (κ2) is 12.1. The molecule has 2 aromatic carbocycles. The molecule has 36 heavy (non-hydrogen) atoms. The van der Waals surface area contributed by atoms with Crippen molar-refractivity contribution < 1.29 is 19.1 Å². The molecule has 1 aliphatic rings. The third-order valence-electron chi connectivity index (χ3n) is 6.24. The Kier molecular flexibility index (Phi) is 9.13. The largest absolute Gasteiger partial charge is 0.444 e. The Morgan fingerprint density at radius 3 is 2.22 bits per heavy atom. The summed E-state index contributed by atoms with van der Waals surface area (Å²) in [5.74, 6) is -0.0195. The molecule has 194 valence electrons. The van der Waals surface area contributed by atoms with Gasteiger partial charge in [-0.15, -0.1) is 0 Å². The van der Waals surface area contributed by atoms with Gasteiger partial charge in [0.05, 0.1) is 0 Å². The number of anilines is 1. The van der Waals surface area contributed by atoms with E-state index in [-0.39, 0.29) is 17.9 Å². The van der Waals surface area contributed by atoms with E-state index in [1.165, 1.54) is 5.56 Å². The predicted molar refractivity (Wildman–Crippen MR) is 143 cm³/mol. The van der Waals surface area contributed by atoms with Crippen LogP contribution in [0.15, 0.2) is 42.5 Å². The van der Waals surface area contributed by atoms with Gasteiger partial charge in [-0.1, -0.05) is 18.2 Å². The zero-order valence-electron chi connectivity index (χ0n) is 22.1. The van der Waals surface area contributed by atoms with Crippen LogP contribution in [0.2, 0.25) is 0 Å². The number of hydrogen-bond acceptors (Lipinski definition) is 4. The molecule has 7 heteroatoms. The number of nitrogens with zero attached hydrogens (tertiary/aromatic N) is 1. The lowest BCUT2D eigenvalue weighted by atomic mass is 9.93. The van der Waals surface area contributed by atoms with E-state index in [2.05, 4.69) is 23.6 Å². The van der Waals surface area contributed by atoms with Crippen LogP contribution in [-0.4, -0.2) is 42.6 Å². The molecule has 0 aromatic heterocycles. The van der Waals surface area contributed by atoms with Gasteiger partial charge in [-0.3, -0.25) is 9.59 Å². The minimum absolute atomic E-state index is 0.0732. The fraction of sp³-hybridized carbons (Fsp3) is 0.483. The fourth-order valence-electron chi connectivity index (χ4n) is 4.46. The minimum Gasteiger partial charge on any atom is -0.444 e. The highest BCUT2D eigenvalue weighted by atomic mass is 16.6. The van der Waals surface area contributed by atoms with Crippen LogP contribution in [0.1, 0.15) is 76.2 Å². The molecule has 1 atom stereocenters. The Morgan fingerprint density at radius 1 is 0.944 bits per heavy atom. The quantitative estimate of drug-likeness (QED) is 0.478. The number of fused-ring (bicyclic) bond motifs is 1. The number of amides is 3. The molecule has 0 bridgehead atoms. The van der Waals surface area contributed by atoms with Crippen molar-refractivity contribution in [3.63, 3.8) is 0 Å². The van der Waals surface area contributed by atoms with E-state index in [0.29, 0.717) is 18.7 Å². The lowest BCUT2D eigenvalue weighted by molar-refractivity contribution is -0.117. The Morgan fingerprint density at radius 2 is 1.58 bits per heavy atom. The first-order valence-corrected chi connectivity index (χ1v) is 12.8. The third-order valence-corrected chi connectivity index (χ3v) is 6.24. The van der Waals surface area contributed by atoms with Crippen molar-refractivity contribution >= 4 is 23.6 Å². The number of aryl methyl sites for hydroxylation is 1. The van der Waals surface area contributed by atoms with Crippen LogP contribution >= 0.6 is 0 Å². The van der Waals surface area contributed by atoms with Gasteiger partial charge in [0.25, 0.3) is 5.91 Å². The molecule has 7 nitrogen and oxygen atoms in total. The number of alkyl carbamates (subject to hydrolysis) is 1. The number of ether oxygens (including phenoxy) is 1. The van der Waals surface area contributed by atoms with Crippen molar-refractivity contribution in [2.24, 2.45) is 0 Å². The summed E-state index contributed by atoms with van der Waals surface area (Å²) in [6.45, 7) is 10.4. The highest BCUT2D eigenvalue weighted by molar-refractivity contribution is 5.95. The SMILES string of the molecule is CC(=O)N1c2ccc(-c3ccc(C(=O)NCCCCCNC(=O)OC(C)(C)C)cc3)cc2CC[C@@H]1C. The molecule has 0 aliphatic carbocycles. The maximum Gasteiger partial charge on any atom is 0.407 e. The summed E-state index contributed by atoms with van der Waals surface area (Å²) in [7, 11) is 0. The molecule has 0 spiro atoms. The number of carbonyl (C=O) groups is 3. The smallest absolute Gasteiger partial charge is 0.407 e. The topological polar surface area (TPSA) is 87.7 Å². The van der Waals surface area contributed by atoms with Crippen LogP contribution in [0.25, 0.3) is 11.1 Å². The summed E-state index contributed by atoms with van der Waals surface area (Å²) in [6, 6.07) is 14.1. The van der Waals surface area contributed by atoms with Crippen LogP contribution in [0.3, 0.4) is 0 Å². The van der Waals surface area contributed by atoms with Crippen LogP contribution in [-0.2, 0) is 16.0 Å². The molecule has 0 unspecified atom stereocenters. The Bertz CT molecular complexity index is 1070. The molecule has 2 aromatic rings. The molecule has 0 radical (unpaired) electrons. The highest BCUT2D eigenvalue weighted by Crippen LogP contribution is 2.34. The summed E-state index contributed by atoms with van der Waals surface area (Å²) in [5, 5.41) is 5.70. The maximum absolute atomic E-state index is 12.5. The van der Waals surface area contributed by atoms with E-state index in [1.54, 1.807) is 6.92 Å². The summed E-state index contributed by atoms with van der Waals surface area (Å²) in [5.41, 5.74) is 4.44. The summed E-state index contributed by atoms with van der Waals surface area (Å²) >= 11 is 0. The van der Waals surface area contributed by atoms with Gasteiger partial charge in [0.2, 0.25) is 5.91 Å². The number of carbonyl (C=O) groups excluding carboxylic acids is 3. The van der Waals surface area contributed by atoms with E-state index >= 15 is 0 Å². The van der Waals surface area contributed by atoms with Gasteiger partial charge in [-0.25, -0.2) is 4.79 Å². The number of unbranched alkanes of at least 4 members (excludes halogenated alkanes) is 2. The summed E-state index contributed by atoms with van der Waals surface area (Å²) < 4.78 is 5.20. The first-order valence-electron chi connectivity index (χ1n) is 12.8. The molecule has 0 saturated carbocycles. The minimum atomic E-state index is -0.496. The molecule has 1 heterocycles. The molecule has 0 fully saturated rings. The standard InChI is InChI=1S/C29H39N3O4/c1-20-9-10-25-19-24(15-16-26(25)32(20)21(2)33)22-11-13-23(14-12-22)27(34)30-17-7-6-8-18-31-28(35)36-29(3,4)5/h11-16,19-20H,6-10,17-18H2,1-5H3,(H,30,34)(H,31,35)/t20-/m0/s1. The summed E-state index contributed by atoms with van der Waals surface area (Å²) in [6.07, 6.45) is 4.06. The number of hydrogen-bond donors (Lipinski definition) is 2. The average Bonchev–Trinajstić information content (AvgIpc) is 2.81. The third kappa shape index (κ3) is 7.57. The molecular formula is C29H39N3O4. The summed E-state index contributed by atoms with van der Waals surface area (Å²) in [4.78, 5) is 38.1. The normalized spacial score (nSPS) is 15.1. The highest BCUT2D eigenvalue weighted by Gasteiger charge is 2.26. The first kappa shape index (κ1) is 27.2. The van der Waals surface area contributed by atoms with Gasteiger partial charge in [0, 0.05) is 37.3 Å². The van der Waals surface area contributed by atoms with Crippen molar-refractivity contribution in [3.05, 3.63) is 53.6 Å². The number of nitrogens with one attached hydrogen (secondary N) is 2. The Balaban J connectivity index is 1.45. The average molecular weight is 494 g/mol. The van der Waals surface area contributed by atoms with Gasteiger partial charge in [0.15, 0.2) is 0 Å². The molecule has 3 amide bonds. The molecule has 3 rings (SSSR count). The first-order chi connectivity index (χ1) is 17.0. The molecular weight excluding hydrogens is 454 g/mol. The second-order valence-corrected chi connectivity index (χ2v) is 10.4. The Labute approximate surface area is 214 Å². The zero-order valence-corrected chi connectivity index (χ0v) is 22.1. The van der Waals surface area contributed by atoms with Crippen LogP contribution in [0, 0.1) is 0 Å². The van der Waals surface area contributed by atoms with E-state index < -0.39 is 11.7 Å². The van der Waals surface area contributed by atoms with Gasteiger partial charge in [-0.2, -0.15) is 0 Å². The van der Waals surface area contributed by atoms with E-state index in [1.807, 2.05) is 62.1 Å². The molecule has 0 saturated heterocycles. The number of benzene rings is 2. The lowest BCUT2D eigenvalue weighted by Crippen LogP contribution is -2.40. The van der Waals surface area contributed by atoms with Crippen molar-refractivity contribution in [2.45, 2.75) is 78.4 Å². The van der Waals surface area contributed by atoms with Gasteiger partial charge < -0.3 is 20.3 Å². The van der Waals surface area contributed by atoms with Crippen molar-refractivity contribution in [1.82, 2.24) is 10.6 Å². The van der Waals surface area contributed by atoms with E-state index in [9.17, 15) is 14.4 Å². The molecule has 1 aliphatic heterocycles. The maximum atomic E-state index is 12.5. The van der Waals surface area contributed by atoms with Crippen LogP contribution in [0.5, 0.6) is 0 Å². The number of rotatable bonds is 8. The monoisotopic (exact) mass is 493 g/mol. The van der Waals surface area contributed by atoms with Crippen LogP contribution in [0.4, 0.5) is 10.5 Å². The fourth-order valence-corrected chi connectivity index (χ4v) is 4.46. The van der Waals surface area contributed by atoms with Gasteiger partial charge in [0.1, 0.15) is 5.60 Å². The predicted octanol–water partition coefficient (Wildman–Crippen LogP) is 5.47. The van der Waals surface area contributed by atoms with Gasteiger partial charge in [-0.05, 0) is 101 Å². The lowest BCUT2D eigenvalue weighted by Gasteiger charge is -2.34. The van der Waals surface area contributed by atoms with Crippen LogP contribution < -0.4 is 15.5 Å². The van der Waals surface area contributed by atoms with Crippen molar-refractivity contribution in [3.8, 4) is 11.1 Å². The van der Waals surface area contributed by atoms with Gasteiger partial charge >= 0.3 is 6.09 Å². The van der Waals surface area contributed by atoms with Crippen molar-refractivity contribution in [2.75, 3.05) is 18.0 Å². The second-order valence-electron chi connectivity index (χ2n) is 10.4. The molecule has 2 N–H and O–H groups in total. The zero-order chi connectivity index (χ0) is 26.3. The van der Waals surface area contributed by atoms with E-state index in [0.717, 1.165) is 48.9 Å². The van der Waals surface area contributed by atoms with Crippen molar-refractivity contribution in [1.29, 1.82) is 0 Å². The Hall–Kier alpha value is -3.35. The van der Waals surface area contributed by atoms with E-state index in [4.69, 9.17) is 4.74 Å².